The lowest BCUT2D eigenvalue weighted by molar-refractivity contribution is 0.177. The highest BCUT2D eigenvalue weighted by molar-refractivity contribution is 5.69. The van der Waals surface area contributed by atoms with E-state index in [1.807, 2.05) is 6.07 Å². The van der Waals surface area contributed by atoms with Crippen LogP contribution < -0.4 is 0 Å². The van der Waals surface area contributed by atoms with Crippen LogP contribution >= 0.6 is 0 Å². The van der Waals surface area contributed by atoms with Crippen molar-refractivity contribution in [2.24, 2.45) is 0 Å². The van der Waals surface area contributed by atoms with Gasteiger partial charge in [-0.2, -0.15) is 0 Å². The SMILES string of the molecule is C=CCC(O)c1cnc2[nH]ccc2n1. The molecule has 4 heteroatoms. The molecular weight excluding hydrogens is 178 g/mol. The van der Waals surface area contributed by atoms with Crippen LogP contribution in [-0.4, -0.2) is 20.1 Å². The van der Waals surface area contributed by atoms with Crippen LogP contribution in [0.1, 0.15) is 18.2 Å². The van der Waals surface area contributed by atoms with Crippen LogP contribution in [0.5, 0.6) is 0 Å². The van der Waals surface area contributed by atoms with Crippen LogP contribution in [0.25, 0.3) is 11.2 Å². The normalized spacial score (nSPS) is 12.9. The Kier molecular flexibility index (Phi) is 2.28. The van der Waals surface area contributed by atoms with Gasteiger partial charge in [-0.3, -0.25) is 0 Å². The van der Waals surface area contributed by atoms with E-state index in [0.717, 1.165) is 11.2 Å². The van der Waals surface area contributed by atoms with Gasteiger partial charge in [-0.25, -0.2) is 9.97 Å². The van der Waals surface area contributed by atoms with Crippen molar-refractivity contribution < 1.29 is 5.11 Å². The molecule has 1 unspecified atom stereocenters. The minimum atomic E-state index is -0.612. The molecule has 0 aromatic carbocycles. The first kappa shape index (κ1) is 8.90. The van der Waals surface area contributed by atoms with E-state index in [-0.39, 0.29) is 0 Å². The highest BCUT2D eigenvalue weighted by atomic mass is 16.3. The quantitative estimate of drug-likeness (QED) is 0.720. The Labute approximate surface area is 81.3 Å². The van der Waals surface area contributed by atoms with Crippen molar-refractivity contribution in [1.29, 1.82) is 0 Å². The number of aromatic nitrogens is 3. The number of aromatic amines is 1. The molecule has 0 spiro atoms. The predicted molar refractivity (Wildman–Crippen MR) is 53.7 cm³/mol. The van der Waals surface area contributed by atoms with Crippen LogP contribution in [0.2, 0.25) is 0 Å². The van der Waals surface area contributed by atoms with Crippen LogP contribution in [0.3, 0.4) is 0 Å². The maximum absolute atomic E-state index is 9.63. The standard InChI is InChI=1S/C10H11N3O/c1-2-3-9(14)8-6-12-10-7(13-8)4-5-11-10/h2,4-6,9,14H,1,3H2,(H,11,12). The summed E-state index contributed by atoms with van der Waals surface area (Å²) in [6, 6.07) is 1.83. The Bertz CT molecular complexity index is 449. The van der Waals surface area contributed by atoms with Gasteiger partial charge in [0, 0.05) is 6.20 Å². The molecule has 0 bridgehead atoms. The molecule has 0 amide bonds. The summed E-state index contributed by atoms with van der Waals surface area (Å²) in [4.78, 5) is 11.3. The van der Waals surface area contributed by atoms with Crippen LogP contribution in [-0.2, 0) is 0 Å². The number of H-pyrrole nitrogens is 1. The number of nitrogens with zero attached hydrogens (tertiary/aromatic N) is 2. The largest absolute Gasteiger partial charge is 0.386 e. The van der Waals surface area contributed by atoms with Gasteiger partial charge >= 0.3 is 0 Å². The molecule has 0 saturated heterocycles. The first-order chi connectivity index (χ1) is 6.81. The topological polar surface area (TPSA) is 61.8 Å². The number of aliphatic hydroxyl groups is 1. The second-order valence-corrected chi connectivity index (χ2v) is 3.05. The molecule has 0 aliphatic heterocycles. The molecule has 0 fully saturated rings. The minimum Gasteiger partial charge on any atom is -0.386 e. The first-order valence-electron chi connectivity index (χ1n) is 4.40. The predicted octanol–water partition coefficient (Wildman–Crippen LogP) is 1.57. The first-order valence-corrected chi connectivity index (χ1v) is 4.40. The summed E-state index contributed by atoms with van der Waals surface area (Å²) in [6.45, 7) is 3.56. The Morgan fingerprint density at radius 1 is 1.64 bits per heavy atom. The summed E-state index contributed by atoms with van der Waals surface area (Å²) in [6.07, 6.45) is 4.89. The smallest absolute Gasteiger partial charge is 0.156 e. The molecular formula is C10H11N3O. The molecule has 2 rings (SSSR count). The zero-order valence-corrected chi connectivity index (χ0v) is 7.64. The lowest BCUT2D eigenvalue weighted by Crippen LogP contribution is -1.99. The number of nitrogens with one attached hydrogen (secondary N) is 1. The highest BCUT2D eigenvalue weighted by Gasteiger charge is 2.08. The van der Waals surface area contributed by atoms with E-state index < -0.39 is 6.10 Å². The van der Waals surface area contributed by atoms with E-state index in [0.29, 0.717) is 12.1 Å². The third kappa shape index (κ3) is 1.52. The molecule has 0 aliphatic carbocycles. The molecule has 0 saturated carbocycles. The number of fused-ring (bicyclic) bond motifs is 1. The van der Waals surface area contributed by atoms with Gasteiger partial charge in [0.25, 0.3) is 0 Å². The molecule has 14 heavy (non-hydrogen) atoms. The lowest BCUT2D eigenvalue weighted by Gasteiger charge is -2.05. The van der Waals surface area contributed by atoms with E-state index in [1.165, 1.54) is 0 Å². The van der Waals surface area contributed by atoms with Gasteiger partial charge < -0.3 is 10.1 Å². The minimum absolute atomic E-state index is 0.491. The van der Waals surface area contributed by atoms with Crippen molar-refractivity contribution in [3.8, 4) is 0 Å². The van der Waals surface area contributed by atoms with E-state index in [1.54, 1.807) is 18.5 Å². The fourth-order valence-corrected chi connectivity index (χ4v) is 1.28. The van der Waals surface area contributed by atoms with Gasteiger partial charge in [-0.1, -0.05) is 6.08 Å². The molecule has 72 valence electrons. The van der Waals surface area contributed by atoms with Crippen molar-refractivity contribution >= 4 is 11.2 Å². The zero-order chi connectivity index (χ0) is 9.97. The molecule has 0 aliphatic rings. The van der Waals surface area contributed by atoms with Crippen LogP contribution in [0.4, 0.5) is 0 Å². The molecule has 0 radical (unpaired) electrons. The lowest BCUT2D eigenvalue weighted by atomic mass is 10.2. The van der Waals surface area contributed by atoms with E-state index in [2.05, 4.69) is 21.5 Å². The summed E-state index contributed by atoms with van der Waals surface area (Å²) in [5.74, 6) is 0. The third-order valence-corrected chi connectivity index (χ3v) is 2.01. The Balaban J connectivity index is 2.38. The van der Waals surface area contributed by atoms with Gasteiger partial charge in [0.2, 0.25) is 0 Å². The fraction of sp³-hybridized carbons (Fsp3) is 0.200. The van der Waals surface area contributed by atoms with E-state index in [4.69, 9.17) is 0 Å². The highest BCUT2D eigenvalue weighted by Crippen LogP contribution is 2.16. The molecule has 2 aromatic rings. The van der Waals surface area contributed by atoms with Crippen molar-refractivity contribution in [3.63, 3.8) is 0 Å². The second-order valence-electron chi connectivity index (χ2n) is 3.05. The molecule has 2 N–H and O–H groups in total. The van der Waals surface area contributed by atoms with E-state index in [9.17, 15) is 5.11 Å². The van der Waals surface area contributed by atoms with Crippen molar-refractivity contribution in [2.75, 3.05) is 0 Å². The molecule has 2 aromatic heterocycles. The Morgan fingerprint density at radius 2 is 2.50 bits per heavy atom. The summed E-state index contributed by atoms with van der Waals surface area (Å²) in [5.41, 5.74) is 2.09. The number of aliphatic hydroxyl groups excluding tert-OH is 1. The van der Waals surface area contributed by atoms with Gasteiger partial charge in [0.15, 0.2) is 5.65 Å². The Hall–Kier alpha value is -1.68. The van der Waals surface area contributed by atoms with Gasteiger partial charge in [-0.15, -0.1) is 6.58 Å². The maximum atomic E-state index is 9.63. The molecule has 4 nitrogen and oxygen atoms in total. The summed E-state index contributed by atoms with van der Waals surface area (Å²) >= 11 is 0. The van der Waals surface area contributed by atoms with Crippen LogP contribution in [0, 0.1) is 0 Å². The van der Waals surface area contributed by atoms with Crippen molar-refractivity contribution in [2.45, 2.75) is 12.5 Å². The van der Waals surface area contributed by atoms with Gasteiger partial charge in [0.1, 0.15) is 11.6 Å². The monoisotopic (exact) mass is 189 g/mol. The van der Waals surface area contributed by atoms with E-state index >= 15 is 0 Å². The second kappa shape index (κ2) is 3.59. The number of rotatable bonds is 3. The molecule has 1 atom stereocenters. The number of hydrogen-bond acceptors (Lipinski definition) is 3. The average Bonchev–Trinajstić information content (AvgIpc) is 2.64. The van der Waals surface area contributed by atoms with Crippen molar-refractivity contribution in [3.05, 3.63) is 36.8 Å². The summed E-state index contributed by atoms with van der Waals surface area (Å²) in [5, 5.41) is 9.63. The van der Waals surface area contributed by atoms with Gasteiger partial charge in [0.05, 0.1) is 11.9 Å². The third-order valence-electron chi connectivity index (χ3n) is 2.01. The Morgan fingerprint density at radius 3 is 3.29 bits per heavy atom. The summed E-state index contributed by atoms with van der Waals surface area (Å²) in [7, 11) is 0. The van der Waals surface area contributed by atoms with Crippen molar-refractivity contribution in [1.82, 2.24) is 15.0 Å². The number of hydrogen-bond donors (Lipinski definition) is 2. The average molecular weight is 189 g/mol. The maximum Gasteiger partial charge on any atom is 0.156 e. The van der Waals surface area contributed by atoms with Gasteiger partial charge in [-0.05, 0) is 12.5 Å². The molecule has 2 heterocycles. The zero-order valence-electron chi connectivity index (χ0n) is 7.64. The fourth-order valence-electron chi connectivity index (χ4n) is 1.28. The van der Waals surface area contributed by atoms with Crippen LogP contribution in [0.15, 0.2) is 31.1 Å². The summed E-state index contributed by atoms with van der Waals surface area (Å²) < 4.78 is 0.